The summed E-state index contributed by atoms with van der Waals surface area (Å²) in [5.74, 6) is 0.480. The molecule has 1 heterocycles. The van der Waals surface area contributed by atoms with E-state index in [1.165, 1.54) is 0 Å². The molecule has 0 aliphatic carbocycles. The second-order valence-electron chi connectivity index (χ2n) is 7.25. The number of aromatic amines is 1. The first-order valence-corrected chi connectivity index (χ1v) is 8.78. The number of benzene rings is 2. The van der Waals surface area contributed by atoms with Crippen LogP contribution in [0.5, 0.6) is 0 Å². The molecule has 0 spiro atoms. The number of H-pyrrole nitrogens is 1. The van der Waals surface area contributed by atoms with Gasteiger partial charge in [0.05, 0.1) is 6.04 Å². The third-order valence-electron chi connectivity index (χ3n) is 3.88. The van der Waals surface area contributed by atoms with E-state index in [0.717, 1.165) is 16.7 Å². The Labute approximate surface area is 158 Å². The second kappa shape index (κ2) is 7.99. The number of alkyl carbamates (subject to hydrolysis) is 1. The van der Waals surface area contributed by atoms with Crippen LogP contribution in [0.3, 0.4) is 0 Å². The van der Waals surface area contributed by atoms with Gasteiger partial charge in [0, 0.05) is 6.42 Å². The molecular weight excluding hydrogens is 342 g/mol. The molecule has 140 valence electrons. The summed E-state index contributed by atoms with van der Waals surface area (Å²) < 4.78 is 5.35. The number of nitrogens with zero attached hydrogens (tertiary/aromatic N) is 3. The predicted molar refractivity (Wildman–Crippen MR) is 102 cm³/mol. The van der Waals surface area contributed by atoms with Crippen LogP contribution in [0.25, 0.3) is 11.1 Å². The van der Waals surface area contributed by atoms with E-state index >= 15 is 0 Å². The molecule has 1 amide bonds. The Morgan fingerprint density at radius 3 is 2.33 bits per heavy atom. The molecular formula is C20H23N5O2. The highest BCUT2D eigenvalue weighted by Crippen LogP contribution is 2.22. The summed E-state index contributed by atoms with van der Waals surface area (Å²) in [6, 6.07) is 18.0. The van der Waals surface area contributed by atoms with Crippen LogP contribution < -0.4 is 5.32 Å². The van der Waals surface area contributed by atoms with E-state index in [1.54, 1.807) is 0 Å². The van der Waals surface area contributed by atoms with Gasteiger partial charge in [-0.3, -0.25) is 0 Å². The number of aromatic nitrogens is 4. The molecule has 2 aromatic carbocycles. The van der Waals surface area contributed by atoms with Crippen LogP contribution in [0.4, 0.5) is 4.79 Å². The van der Waals surface area contributed by atoms with Gasteiger partial charge >= 0.3 is 6.09 Å². The zero-order valence-electron chi connectivity index (χ0n) is 15.6. The van der Waals surface area contributed by atoms with Crippen LogP contribution in [-0.2, 0) is 11.2 Å². The normalized spacial score (nSPS) is 12.4. The lowest BCUT2D eigenvalue weighted by atomic mass is 10.0. The number of tetrazole rings is 1. The average Bonchev–Trinajstić information content (AvgIpc) is 3.16. The first-order valence-electron chi connectivity index (χ1n) is 8.78. The molecule has 0 fully saturated rings. The predicted octanol–water partition coefficient (Wildman–Crippen LogP) is 3.68. The van der Waals surface area contributed by atoms with Crippen molar-refractivity contribution in [3.05, 3.63) is 66.0 Å². The number of amides is 1. The van der Waals surface area contributed by atoms with E-state index in [-0.39, 0.29) is 0 Å². The van der Waals surface area contributed by atoms with Crippen LogP contribution in [0.2, 0.25) is 0 Å². The Hall–Kier alpha value is -3.22. The van der Waals surface area contributed by atoms with E-state index < -0.39 is 17.7 Å². The van der Waals surface area contributed by atoms with Gasteiger partial charge in [0.2, 0.25) is 0 Å². The van der Waals surface area contributed by atoms with E-state index in [9.17, 15) is 4.79 Å². The number of hydrogen-bond donors (Lipinski definition) is 2. The molecule has 2 N–H and O–H groups in total. The Morgan fingerprint density at radius 1 is 1.07 bits per heavy atom. The van der Waals surface area contributed by atoms with Gasteiger partial charge in [-0.15, -0.1) is 5.10 Å². The molecule has 0 radical (unpaired) electrons. The maximum absolute atomic E-state index is 12.2. The average molecular weight is 365 g/mol. The standard InChI is InChI=1S/C20H23N5O2/c1-20(2,3)27-19(26)21-17(18-22-24-25-23-18)13-14-9-11-16(12-10-14)15-7-5-4-6-8-15/h4-12,17H,13H2,1-3H3,(H,21,26)(H,22,23,24,25). The molecule has 1 atom stereocenters. The van der Waals surface area contributed by atoms with Gasteiger partial charge in [-0.1, -0.05) is 54.6 Å². The molecule has 0 saturated carbocycles. The van der Waals surface area contributed by atoms with Crippen molar-refractivity contribution in [3.63, 3.8) is 0 Å². The fourth-order valence-corrected chi connectivity index (χ4v) is 2.68. The van der Waals surface area contributed by atoms with Crippen molar-refractivity contribution in [3.8, 4) is 11.1 Å². The fourth-order valence-electron chi connectivity index (χ4n) is 2.68. The number of ether oxygens (including phenoxy) is 1. The molecule has 3 aromatic rings. The minimum Gasteiger partial charge on any atom is -0.444 e. The monoisotopic (exact) mass is 365 g/mol. The van der Waals surface area contributed by atoms with Gasteiger partial charge in [-0.2, -0.15) is 0 Å². The van der Waals surface area contributed by atoms with Gasteiger partial charge in [0.15, 0.2) is 5.82 Å². The highest BCUT2D eigenvalue weighted by molar-refractivity contribution is 5.68. The van der Waals surface area contributed by atoms with Crippen molar-refractivity contribution in [1.29, 1.82) is 0 Å². The van der Waals surface area contributed by atoms with Crippen molar-refractivity contribution in [2.75, 3.05) is 0 Å². The van der Waals surface area contributed by atoms with Crippen LogP contribution in [0.15, 0.2) is 54.6 Å². The molecule has 0 bridgehead atoms. The Morgan fingerprint density at radius 2 is 1.74 bits per heavy atom. The summed E-state index contributed by atoms with van der Waals surface area (Å²) in [6.07, 6.45) is 0.0235. The van der Waals surface area contributed by atoms with Crippen molar-refractivity contribution < 1.29 is 9.53 Å². The Kier molecular flexibility index (Phi) is 5.49. The summed E-state index contributed by atoms with van der Waals surface area (Å²) in [5.41, 5.74) is 2.77. The van der Waals surface area contributed by atoms with Crippen molar-refractivity contribution in [2.24, 2.45) is 0 Å². The van der Waals surface area contributed by atoms with Crippen molar-refractivity contribution >= 4 is 6.09 Å². The second-order valence-corrected chi connectivity index (χ2v) is 7.25. The van der Waals surface area contributed by atoms with E-state index in [0.29, 0.717) is 12.2 Å². The van der Waals surface area contributed by atoms with E-state index in [1.807, 2.05) is 51.1 Å². The van der Waals surface area contributed by atoms with Crippen LogP contribution >= 0.6 is 0 Å². The topological polar surface area (TPSA) is 92.8 Å². The molecule has 0 aliphatic rings. The molecule has 3 rings (SSSR count). The lowest BCUT2D eigenvalue weighted by molar-refractivity contribution is 0.0501. The molecule has 0 aliphatic heterocycles. The summed E-state index contributed by atoms with van der Waals surface area (Å²) in [5, 5.41) is 16.7. The number of hydrogen-bond acceptors (Lipinski definition) is 5. The Balaban J connectivity index is 1.73. The van der Waals surface area contributed by atoms with Gasteiger partial charge in [0.25, 0.3) is 0 Å². The highest BCUT2D eigenvalue weighted by Gasteiger charge is 2.23. The summed E-state index contributed by atoms with van der Waals surface area (Å²) in [7, 11) is 0. The van der Waals surface area contributed by atoms with Crippen LogP contribution in [0, 0.1) is 0 Å². The van der Waals surface area contributed by atoms with Crippen molar-refractivity contribution in [2.45, 2.75) is 38.8 Å². The summed E-state index contributed by atoms with van der Waals surface area (Å²) in [6.45, 7) is 5.46. The van der Waals surface area contributed by atoms with Gasteiger partial charge in [-0.25, -0.2) is 9.89 Å². The Bertz CT molecular complexity index is 856. The number of rotatable bonds is 5. The molecule has 1 aromatic heterocycles. The van der Waals surface area contributed by atoms with E-state index in [4.69, 9.17) is 4.74 Å². The van der Waals surface area contributed by atoms with Crippen LogP contribution in [0.1, 0.15) is 38.2 Å². The number of nitrogens with one attached hydrogen (secondary N) is 2. The zero-order chi connectivity index (χ0) is 19.3. The maximum atomic E-state index is 12.2. The zero-order valence-corrected chi connectivity index (χ0v) is 15.6. The number of carbonyl (C=O) groups is 1. The fraction of sp³-hybridized carbons (Fsp3) is 0.300. The largest absolute Gasteiger partial charge is 0.444 e. The summed E-state index contributed by atoms with van der Waals surface area (Å²) in [4.78, 5) is 12.2. The molecule has 7 nitrogen and oxygen atoms in total. The molecule has 1 unspecified atom stereocenters. The SMILES string of the molecule is CC(C)(C)OC(=O)NC(Cc1ccc(-c2ccccc2)cc1)c1nnn[nH]1. The van der Waals surface area contributed by atoms with Gasteiger partial charge in [0.1, 0.15) is 5.60 Å². The number of carbonyl (C=O) groups excluding carboxylic acids is 1. The van der Waals surface area contributed by atoms with E-state index in [2.05, 4.69) is 50.2 Å². The van der Waals surface area contributed by atoms with Crippen LogP contribution in [-0.4, -0.2) is 32.3 Å². The first-order chi connectivity index (χ1) is 12.9. The third-order valence-corrected chi connectivity index (χ3v) is 3.88. The smallest absolute Gasteiger partial charge is 0.408 e. The van der Waals surface area contributed by atoms with Gasteiger partial charge in [-0.05, 0) is 47.9 Å². The molecule has 7 heteroatoms. The lowest BCUT2D eigenvalue weighted by Crippen LogP contribution is -2.36. The minimum absolute atomic E-state index is 0.419. The van der Waals surface area contributed by atoms with Gasteiger partial charge < -0.3 is 10.1 Å². The lowest BCUT2D eigenvalue weighted by Gasteiger charge is -2.22. The maximum Gasteiger partial charge on any atom is 0.408 e. The molecule has 27 heavy (non-hydrogen) atoms. The quantitative estimate of drug-likeness (QED) is 0.719. The molecule has 0 saturated heterocycles. The highest BCUT2D eigenvalue weighted by atomic mass is 16.6. The first kappa shape index (κ1) is 18.6. The van der Waals surface area contributed by atoms with Crippen molar-refractivity contribution in [1.82, 2.24) is 25.9 Å². The summed E-state index contributed by atoms with van der Waals surface area (Å²) >= 11 is 0. The minimum atomic E-state index is -0.578. The third kappa shape index (κ3) is 5.37.